The molecule has 16 heavy (non-hydrogen) atoms. The minimum absolute atomic E-state index is 0.0114. The van der Waals surface area contributed by atoms with Crippen LogP contribution in [-0.4, -0.2) is 23.6 Å². The van der Waals surface area contributed by atoms with E-state index >= 15 is 0 Å². The number of hydrogen-bond acceptors (Lipinski definition) is 3. The zero-order valence-electron chi connectivity index (χ0n) is 8.90. The van der Waals surface area contributed by atoms with Gasteiger partial charge in [-0.3, -0.25) is 9.63 Å². The van der Waals surface area contributed by atoms with Crippen LogP contribution >= 0.6 is 0 Å². The molecule has 5 heteroatoms. The number of rotatable bonds is 5. The molecular formula is C11H13NO4. The molecule has 2 N–H and O–H groups in total. The van der Waals surface area contributed by atoms with Gasteiger partial charge in [-0.05, 0) is 18.6 Å². The molecular weight excluding hydrogens is 210 g/mol. The highest BCUT2D eigenvalue weighted by atomic mass is 16.6. The molecule has 1 amide bonds. The van der Waals surface area contributed by atoms with Gasteiger partial charge < -0.3 is 5.11 Å². The van der Waals surface area contributed by atoms with Gasteiger partial charge in [0.15, 0.2) is 0 Å². The highest BCUT2D eigenvalue weighted by molar-refractivity contribution is 5.91. The lowest BCUT2D eigenvalue weighted by Crippen LogP contribution is -2.26. The largest absolute Gasteiger partial charge is 0.478 e. The number of carbonyl (C=O) groups excluding carboxylic acids is 1. The summed E-state index contributed by atoms with van der Waals surface area (Å²) >= 11 is 0. The molecule has 1 rings (SSSR count). The predicted molar refractivity (Wildman–Crippen MR) is 56.9 cm³/mol. The van der Waals surface area contributed by atoms with Gasteiger partial charge >= 0.3 is 5.97 Å². The van der Waals surface area contributed by atoms with Crippen molar-refractivity contribution in [3.8, 4) is 0 Å². The quantitative estimate of drug-likeness (QED) is 0.730. The van der Waals surface area contributed by atoms with Crippen molar-refractivity contribution < 1.29 is 19.5 Å². The third-order valence-electron chi connectivity index (χ3n) is 1.93. The van der Waals surface area contributed by atoms with E-state index in [1.807, 2.05) is 0 Å². The second-order valence-corrected chi connectivity index (χ2v) is 3.10. The van der Waals surface area contributed by atoms with E-state index in [-0.39, 0.29) is 17.9 Å². The Balaban J connectivity index is 2.73. The summed E-state index contributed by atoms with van der Waals surface area (Å²) in [6, 6.07) is 6.38. The van der Waals surface area contributed by atoms with Crippen molar-refractivity contribution in [2.75, 3.05) is 6.61 Å². The van der Waals surface area contributed by atoms with Gasteiger partial charge in [0.1, 0.15) is 0 Å². The van der Waals surface area contributed by atoms with Gasteiger partial charge in [0.2, 0.25) is 5.91 Å². The number of hydroxylamine groups is 1. The number of aromatic carboxylic acids is 1. The average Bonchev–Trinajstić information content (AvgIpc) is 2.27. The summed E-state index contributed by atoms with van der Waals surface area (Å²) in [5.41, 5.74) is 2.81. The minimum Gasteiger partial charge on any atom is -0.478 e. The Kier molecular flexibility index (Phi) is 4.47. The number of carboxylic acids is 1. The van der Waals surface area contributed by atoms with Gasteiger partial charge in [-0.2, -0.15) is 0 Å². The molecule has 0 spiro atoms. The van der Waals surface area contributed by atoms with Gasteiger partial charge in [0.05, 0.1) is 18.6 Å². The Morgan fingerprint density at radius 2 is 2.06 bits per heavy atom. The smallest absolute Gasteiger partial charge is 0.335 e. The van der Waals surface area contributed by atoms with Crippen LogP contribution in [0.3, 0.4) is 0 Å². The van der Waals surface area contributed by atoms with Crippen LogP contribution < -0.4 is 5.48 Å². The van der Waals surface area contributed by atoms with Crippen molar-refractivity contribution in [1.29, 1.82) is 0 Å². The first kappa shape index (κ1) is 12.2. The molecule has 0 heterocycles. The number of benzene rings is 1. The molecule has 0 aromatic heterocycles. The Hall–Kier alpha value is -1.88. The molecule has 0 aliphatic carbocycles. The molecule has 1 aromatic rings. The fourth-order valence-electron chi connectivity index (χ4n) is 1.24. The molecule has 0 aliphatic heterocycles. The van der Waals surface area contributed by atoms with E-state index in [2.05, 4.69) is 5.48 Å². The zero-order chi connectivity index (χ0) is 12.0. The van der Waals surface area contributed by atoms with Crippen LogP contribution in [0.15, 0.2) is 24.3 Å². The number of hydrogen-bond donors (Lipinski definition) is 2. The molecule has 5 nitrogen and oxygen atoms in total. The van der Waals surface area contributed by atoms with E-state index in [4.69, 9.17) is 9.94 Å². The Morgan fingerprint density at radius 3 is 2.69 bits per heavy atom. The molecule has 0 saturated heterocycles. The topological polar surface area (TPSA) is 75.6 Å². The third kappa shape index (κ3) is 3.36. The summed E-state index contributed by atoms with van der Waals surface area (Å²) in [6.07, 6.45) is -0.0114. The lowest BCUT2D eigenvalue weighted by molar-refractivity contribution is -0.132. The number of nitrogens with one attached hydrogen (secondary N) is 1. The molecule has 1 aromatic carbocycles. The van der Waals surface area contributed by atoms with Gasteiger partial charge in [0, 0.05) is 0 Å². The zero-order valence-corrected chi connectivity index (χ0v) is 8.90. The van der Waals surface area contributed by atoms with E-state index in [0.29, 0.717) is 12.2 Å². The molecule has 0 atom stereocenters. The van der Waals surface area contributed by atoms with E-state index in [1.54, 1.807) is 25.1 Å². The van der Waals surface area contributed by atoms with Crippen molar-refractivity contribution in [2.24, 2.45) is 0 Å². The molecule has 0 unspecified atom stereocenters. The standard InChI is InChI=1S/C11H13NO4/c1-2-16-12-10(13)7-8-5-3-4-6-9(8)11(14)15/h3-6H,2,7H2,1H3,(H,12,13)(H,14,15). The number of amides is 1. The minimum atomic E-state index is -1.04. The summed E-state index contributed by atoms with van der Waals surface area (Å²) in [4.78, 5) is 26.9. The van der Waals surface area contributed by atoms with E-state index in [9.17, 15) is 9.59 Å². The number of carboxylic acid groups (broad SMARTS) is 1. The van der Waals surface area contributed by atoms with Crippen LogP contribution in [0.2, 0.25) is 0 Å². The summed E-state index contributed by atoms with van der Waals surface area (Å²) in [6.45, 7) is 2.11. The number of carbonyl (C=O) groups is 2. The van der Waals surface area contributed by atoms with Crippen LogP contribution in [0, 0.1) is 0 Å². The van der Waals surface area contributed by atoms with Gasteiger partial charge in [0.25, 0.3) is 0 Å². The SMILES string of the molecule is CCONC(=O)Cc1ccccc1C(=O)O. The Labute approximate surface area is 93.0 Å². The molecule has 0 radical (unpaired) electrons. The Morgan fingerprint density at radius 1 is 1.38 bits per heavy atom. The van der Waals surface area contributed by atoms with Gasteiger partial charge in [-0.1, -0.05) is 18.2 Å². The lowest BCUT2D eigenvalue weighted by Gasteiger charge is -2.06. The maximum atomic E-state index is 11.3. The molecule has 86 valence electrons. The monoisotopic (exact) mass is 223 g/mol. The van der Waals surface area contributed by atoms with E-state index < -0.39 is 5.97 Å². The summed E-state index contributed by atoms with van der Waals surface area (Å²) in [5.74, 6) is -1.41. The second-order valence-electron chi connectivity index (χ2n) is 3.10. The van der Waals surface area contributed by atoms with Gasteiger partial charge in [-0.15, -0.1) is 0 Å². The fourth-order valence-corrected chi connectivity index (χ4v) is 1.24. The maximum absolute atomic E-state index is 11.3. The van der Waals surface area contributed by atoms with Crippen LogP contribution in [-0.2, 0) is 16.1 Å². The molecule has 0 bridgehead atoms. The highest BCUT2D eigenvalue weighted by Crippen LogP contribution is 2.09. The van der Waals surface area contributed by atoms with Crippen molar-refractivity contribution in [1.82, 2.24) is 5.48 Å². The maximum Gasteiger partial charge on any atom is 0.335 e. The Bertz CT molecular complexity index is 389. The van der Waals surface area contributed by atoms with Crippen molar-refractivity contribution in [3.63, 3.8) is 0 Å². The third-order valence-corrected chi connectivity index (χ3v) is 1.93. The normalized spacial score (nSPS) is 9.81. The lowest BCUT2D eigenvalue weighted by atomic mass is 10.0. The molecule has 0 aliphatic rings. The van der Waals surface area contributed by atoms with Gasteiger partial charge in [-0.25, -0.2) is 10.3 Å². The summed E-state index contributed by atoms with van der Waals surface area (Å²) in [5, 5.41) is 8.89. The van der Waals surface area contributed by atoms with E-state index in [0.717, 1.165) is 0 Å². The van der Waals surface area contributed by atoms with Crippen molar-refractivity contribution >= 4 is 11.9 Å². The average molecular weight is 223 g/mol. The first-order chi connectivity index (χ1) is 7.65. The van der Waals surface area contributed by atoms with Crippen LogP contribution in [0.25, 0.3) is 0 Å². The summed E-state index contributed by atoms with van der Waals surface area (Å²) < 4.78 is 0. The van der Waals surface area contributed by atoms with Crippen LogP contribution in [0.4, 0.5) is 0 Å². The fraction of sp³-hybridized carbons (Fsp3) is 0.273. The first-order valence-electron chi connectivity index (χ1n) is 4.87. The predicted octanol–water partition coefficient (Wildman–Crippen LogP) is 0.995. The molecule has 0 fully saturated rings. The van der Waals surface area contributed by atoms with E-state index in [1.165, 1.54) is 6.07 Å². The van der Waals surface area contributed by atoms with Crippen LogP contribution in [0.5, 0.6) is 0 Å². The van der Waals surface area contributed by atoms with Crippen LogP contribution in [0.1, 0.15) is 22.8 Å². The second kappa shape index (κ2) is 5.87. The first-order valence-corrected chi connectivity index (χ1v) is 4.87. The van der Waals surface area contributed by atoms with Crippen molar-refractivity contribution in [3.05, 3.63) is 35.4 Å². The van der Waals surface area contributed by atoms with Crippen molar-refractivity contribution in [2.45, 2.75) is 13.3 Å². The molecule has 0 saturated carbocycles. The highest BCUT2D eigenvalue weighted by Gasteiger charge is 2.11. The summed E-state index contributed by atoms with van der Waals surface area (Å²) in [7, 11) is 0.